The number of hydrogen-bond donors (Lipinski definition) is 0. The van der Waals surface area contributed by atoms with Gasteiger partial charge in [0.15, 0.2) is 0 Å². The van der Waals surface area contributed by atoms with Crippen molar-refractivity contribution in [1.82, 2.24) is 0 Å². The number of aryl methyl sites for hydroxylation is 2. The molecule has 0 aliphatic heterocycles. The summed E-state index contributed by atoms with van der Waals surface area (Å²) in [6, 6.07) is 21.2. The summed E-state index contributed by atoms with van der Waals surface area (Å²) >= 11 is 0. The molecule has 0 radical (unpaired) electrons. The maximum Gasteiger partial charge on any atom is 0.118 e. The second-order valence-electron chi connectivity index (χ2n) is 5.77. The second kappa shape index (κ2) is 6.56. The average Bonchev–Trinajstić information content (AvgIpc) is 2.56. The summed E-state index contributed by atoms with van der Waals surface area (Å²) in [4.78, 5) is 0. The van der Waals surface area contributed by atoms with E-state index in [0.717, 1.165) is 5.75 Å². The smallest absolute Gasteiger partial charge is 0.118 e. The van der Waals surface area contributed by atoms with Gasteiger partial charge in [0.2, 0.25) is 0 Å². The van der Waals surface area contributed by atoms with Crippen molar-refractivity contribution in [2.24, 2.45) is 0 Å². The van der Waals surface area contributed by atoms with Gasteiger partial charge in [0, 0.05) is 0 Å². The van der Waals surface area contributed by atoms with Crippen LogP contribution < -0.4 is 10.0 Å². The Kier molecular flexibility index (Phi) is 4.50. The van der Waals surface area contributed by atoms with Crippen LogP contribution in [-0.2, 0) is 0 Å². The lowest BCUT2D eigenvalue weighted by Crippen LogP contribution is -2.02. The van der Waals surface area contributed by atoms with E-state index in [0.29, 0.717) is 0 Å². The molecule has 0 spiro atoms. The maximum atomic E-state index is 5.28. The average molecular weight is 320 g/mol. The van der Waals surface area contributed by atoms with E-state index in [9.17, 15) is 0 Å². The highest BCUT2D eigenvalue weighted by molar-refractivity contribution is 7.28. The van der Waals surface area contributed by atoms with Crippen LogP contribution in [0.5, 0.6) is 5.75 Å². The van der Waals surface area contributed by atoms with E-state index in [4.69, 9.17) is 4.74 Å². The molecule has 3 aromatic carbocycles. The molecule has 1 unspecified atom stereocenters. The Labute approximate surface area is 140 Å². The number of rotatable bonds is 3. The van der Waals surface area contributed by atoms with Gasteiger partial charge in [-0.2, -0.15) is 0 Å². The standard InChI is InChI=1S/C21H21OP/c1-14-6-4-8-18(16-10-12-17(22-3)13-11-16)20(14)21-15(2)7-5-9-19(21)23/h4-13H,23H2,1-3H3. The Balaban J connectivity index is 2.25. The highest BCUT2D eigenvalue weighted by atomic mass is 31.0. The van der Waals surface area contributed by atoms with Gasteiger partial charge in [-0.05, 0) is 64.7 Å². The predicted octanol–water partition coefficient (Wildman–Crippen LogP) is 5.15. The lowest BCUT2D eigenvalue weighted by Gasteiger charge is -2.17. The Morgan fingerprint density at radius 2 is 1.35 bits per heavy atom. The van der Waals surface area contributed by atoms with E-state index in [1.807, 2.05) is 12.1 Å². The number of hydrogen-bond acceptors (Lipinski definition) is 1. The molecule has 1 nitrogen and oxygen atoms in total. The van der Waals surface area contributed by atoms with Crippen molar-refractivity contribution < 1.29 is 4.74 Å². The summed E-state index contributed by atoms with van der Waals surface area (Å²) in [7, 11) is 4.57. The topological polar surface area (TPSA) is 9.23 Å². The SMILES string of the molecule is COc1ccc(-c2cccc(C)c2-c2c(C)cccc2P)cc1. The normalized spacial score (nSPS) is 10.6. The van der Waals surface area contributed by atoms with E-state index in [2.05, 4.69) is 71.6 Å². The molecule has 0 saturated carbocycles. The van der Waals surface area contributed by atoms with Crippen LogP contribution in [-0.4, -0.2) is 7.11 Å². The van der Waals surface area contributed by atoms with E-state index < -0.39 is 0 Å². The van der Waals surface area contributed by atoms with Gasteiger partial charge >= 0.3 is 0 Å². The van der Waals surface area contributed by atoms with Crippen molar-refractivity contribution in [2.45, 2.75) is 13.8 Å². The van der Waals surface area contributed by atoms with E-state index in [1.165, 1.54) is 38.7 Å². The zero-order valence-corrected chi connectivity index (χ0v) is 14.9. The molecule has 0 aliphatic carbocycles. The van der Waals surface area contributed by atoms with Crippen molar-refractivity contribution in [3.05, 3.63) is 71.8 Å². The van der Waals surface area contributed by atoms with Crippen molar-refractivity contribution in [3.63, 3.8) is 0 Å². The third-order valence-corrected chi connectivity index (χ3v) is 4.71. The van der Waals surface area contributed by atoms with Crippen LogP contribution in [0, 0.1) is 13.8 Å². The highest BCUT2D eigenvalue weighted by Crippen LogP contribution is 2.36. The van der Waals surface area contributed by atoms with Gasteiger partial charge in [-0.1, -0.05) is 48.5 Å². The summed E-state index contributed by atoms with van der Waals surface area (Å²) in [6.45, 7) is 4.35. The molecule has 0 saturated heterocycles. The predicted molar refractivity (Wildman–Crippen MR) is 103 cm³/mol. The van der Waals surface area contributed by atoms with Crippen LogP contribution >= 0.6 is 9.24 Å². The Bertz CT molecular complexity index is 815. The maximum absolute atomic E-state index is 5.28. The largest absolute Gasteiger partial charge is 0.497 e. The number of benzene rings is 3. The Hall–Kier alpha value is -2.11. The van der Waals surface area contributed by atoms with Crippen LogP contribution in [0.3, 0.4) is 0 Å². The summed E-state index contributed by atoms with van der Waals surface area (Å²) in [5, 5.41) is 1.23. The minimum Gasteiger partial charge on any atom is -0.497 e. The molecule has 0 amide bonds. The fourth-order valence-corrected chi connectivity index (χ4v) is 3.53. The lowest BCUT2D eigenvalue weighted by atomic mass is 9.89. The van der Waals surface area contributed by atoms with Gasteiger partial charge in [0.05, 0.1) is 7.11 Å². The molecule has 0 aliphatic rings. The summed E-state index contributed by atoms with van der Waals surface area (Å²) in [5.41, 5.74) is 7.66. The zero-order valence-electron chi connectivity index (χ0n) is 13.8. The molecule has 0 aromatic heterocycles. The summed E-state index contributed by atoms with van der Waals surface area (Å²) < 4.78 is 5.28. The van der Waals surface area contributed by atoms with E-state index >= 15 is 0 Å². The second-order valence-corrected chi connectivity index (χ2v) is 6.39. The van der Waals surface area contributed by atoms with Crippen molar-refractivity contribution >= 4 is 14.5 Å². The first-order valence-electron chi connectivity index (χ1n) is 7.71. The van der Waals surface area contributed by atoms with Gasteiger partial charge in [-0.25, -0.2) is 0 Å². The van der Waals surface area contributed by atoms with Gasteiger partial charge in [-0.15, -0.1) is 9.24 Å². The molecule has 1 atom stereocenters. The van der Waals surface area contributed by atoms with Gasteiger partial charge < -0.3 is 4.74 Å². The quantitative estimate of drug-likeness (QED) is 0.607. The van der Waals surface area contributed by atoms with Crippen LogP contribution in [0.15, 0.2) is 60.7 Å². The molecular formula is C21H21OP. The highest BCUT2D eigenvalue weighted by Gasteiger charge is 2.14. The lowest BCUT2D eigenvalue weighted by molar-refractivity contribution is 0.415. The monoisotopic (exact) mass is 320 g/mol. The van der Waals surface area contributed by atoms with Crippen molar-refractivity contribution in [1.29, 1.82) is 0 Å². The Morgan fingerprint density at radius 3 is 1.96 bits per heavy atom. The summed E-state index contributed by atoms with van der Waals surface area (Å²) in [5.74, 6) is 0.880. The van der Waals surface area contributed by atoms with Crippen LogP contribution in [0.25, 0.3) is 22.3 Å². The van der Waals surface area contributed by atoms with Gasteiger partial charge in [0.25, 0.3) is 0 Å². The molecule has 0 heterocycles. The first kappa shape index (κ1) is 15.8. The number of ether oxygens (including phenoxy) is 1. The van der Waals surface area contributed by atoms with Crippen LogP contribution in [0.4, 0.5) is 0 Å². The molecule has 0 fully saturated rings. The fourth-order valence-electron chi connectivity index (χ4n) is 3.04. The molecule has 3 aromatic rings. The molecule has 3 rings (SSSR count). The summed E-state index contributed by atoms with van der Waals surface area (Å²) in [6.07, 6.45) is 0. The third-order valence-electron chi connectivity index (χ3n) is 4.23. The van der Waals surface area contributed by atoms with Crippen molar-refractivity contribution in [3.8, 4) is 28.0 Å². The molecule has 0 bridgehead atoms. The van der Waals surface area contributed by atoms with E-state index in [-0.39, 0.29) is 0 Å². The molecule has 116 valence electrons. The third kappa shape index (κ3) is 3.02. The van der Waals surface area contributed by atoms with Crippen LogP contribution in [0.1, 0.15) is 11.1 Å². The van der Waals surface area contributed by atoms with E-state index in [1.54, 1.807) is 7.11 Å². The molecule has 0 N–H and O–H groups in total. The first-order valence-corrected chi connectivity index (χ1v) is 8.29. The molecule has 23 heavy (non-hydrogen) atoms. The minimum absolute atomic E-state index is 0.880. The van der Waals surface area contributed by atoms with Gasteiger partial charge in [0.1, 0.15) is 5.75 Å². The molecule has 2 heteroatoms. The minimum atomic E-state index is 0.880. The van der Waals surface area contributed by atoms with Crippen LogP contribution in [0.2, 0.25) is 0 Å². The zero-order chi connectivity index (χ0) is 16.4. The number of methoxy groups -OCH3 is 1. The van der Waals surface area contributed by atoms with Crippen molar-refractivity contribution in [2.75, 3.05) is 7.11 Å². The fraction of sp³-hybridized carbons (Fsp3) is 0.143. The van der Waals surface area contributed by atoms with Gasteiger partial charge in [-0.3, -0.25) is 0 Å². The Morgan fingerprint density at radius 1 is 0.739 bits per heavy atom. The first-order chi connectivity index (χ1) is 11.1. The molecular weight excluding hydrogens is 299 g/mol.